The monoisotopic (exact) mass is 423 g/mol. The zero-order valence-corrected chi connectivity index (χ0v) is 16.8. The molecule has 0 atom stereocenters. The van der Waals surface area contributed by atoms with Gasteiger partial charge >= 0.3 is 6.03 Å². The molecule has 0 saturated carbocycles. The summed E-state index contributed by atoms with van der Waals surface area (Å²) in [4.78, 5) is 21.2. The zero-order chi connectivity index (χ0) is 20.7. The number of carbonyl (C=O) groups excluding carboxylic acids is 1. The Hall–Kier alpha value is -3.32. The van der Waals surface area contributed by atoms with Crippen LogP contribution in [0.4, 0.5) is 20.7 Å². The lowest BCUT2D eigenvalue weighted by molar-refractivity contribution is 0.208. The third kappa shape index (κ3) is 3.41. The third-order valence-corrected chi connectivity index (χ3v) is 5.58. The smallest absolute Gasteiger partial charge is 0.321 e. The maximum Gasteiger partial charge on any atom is 0.321 e. The fraction of sp³-hybridized carbons (Fsp3) is 0.182. The van der Waals surface area contributed by atoms with Gasteiger partial charge in [0.2, 0.25) is 0 Å². The maximum atomic E-state index is 13.8. The minimum absolute atomic E-state index is 0.154. The highest BCUT2D eigenvalue weighted by atomic mass is 35.5. The lowest BCUT2D eigenvalue weighted by atomic mass is 10.2. The molecule has 2 aromatic heterocycles. The van der Waals surface area contributed by atoms with Crippen LogP contribution in [0.25, 0.3) is 16.6 Å². The molecule has 30 heavy (non-hydrogen) atoms. The van der Waals surface area contributed by atoms with Crippen LogP contribution in [-0.2, 0) is 0 Å². The Kier molecular flexibility index (Phi) is 4.67. The molecule has 2 amide bonds. The van der Waals surface area contributed by atoms with Gasteiger partial charge in [0.1, 0.15) is 5.82 Å². The SMILES string of the molecule is O=C(Nc1cccc(Cl)c1)N1CCN(c2nc3cc(F)ccc3n3cccc23)CC1. The molecule has 0 radical (unpaired) electrons. The summed E-state index contributed by atoms with van der Waals surface area (Å²) in [5, 5.41) is 3.46. The molecule has 1 N–H and O–H groups in total. The number of aromatic nitrogens is 2. The Morgan fingerprint density at radius 3 is 2.63 bits per heavy atom. The number of piperazine rings is 1. The average Bonchev–Trinajstić information content (AvgIpc) is 3.23. The largest absolute Gasteiger partial charge is 0.351 e. The molecular formula is C22H19ClFN5O. The molecule has 1 aliphatic heterocycles. The van der Waals surface area contributed by atoms with Crippen molar-refractivity contribution in [3.8, 4) is 0 Å². The van der Waals surface area contributed by atoms with Crippen molar-refractivity contribution >= 4 is 45.7 Å². The van der Waals surface area contributed by atoms with Gasteiger partial charge in [-0.05, 0) is 42.5 Å². The van der Waals surface area contributed by atoms with Crippen LogP contribution in [0.15, 0.2) is 60.8 Å². The normalized spacial score (nSPS) is 14.5. The predicted molar refractivity (Wildman–Crippen MR) is 117 cm³/mol. The van der Waals surface area contributed by atoms with Crippen molar-refractivity contribution in [1.82, 2.24) is 14.3 Å². The Bertz CT molecular complexity index is 1250. The summed E-state index contributed by atoms with van der Waals surface area (Å²) in [6, 6.07) is 15.5. The summed E-state index contributed by atoms with van der Waals surface area (Å²) in [5.74, 6) is 0.489. The highest BCUT2D eigenvalue weighted by Crippen LogP contribution is 2.27. The van der Waals surface area contributed by atoms with E-state index >= 15 is 0 Å². The zero-order valence-electron chi connectivity index (χ0n) is 16.1. The van der Waals surface area contributed by atoms with Crippen molar-refractivity contribution in [3.63, 3.8) is 0 Å². The molecule has 5 rings (SSSR count). The van der Waals surface area contributed by atoms with Gasteiger partial charge < -0.3 is 19.5 Å². The molecule has 0 bridgehead atoms. The maximum absolute atomic E-state index is 13.8. The van der Waals surface area contributed by atoms with E-state index in [1.807, 2.05) is 28.8 Å². The molecule has 0 unspecified atom stereocenters. The van der Waals surface area contributed by atoms with Crippen LogP contribution >= 0.6 is 11.6 Å². The van der Waals surface area contributed by atoms with Crippen molar-refractivity contribution in [1.29, 1.82) is 0 Å². The van der Waals surface area contributed by atoms with E-state index in [0.717, 1.165) is 16.9 Å². The van der Waals surface area contributed by atoms with Crippen molar-refractivity contribution < 1.29 is 9.18 Å². The molecule has 8 heteroatoms. The number of halogens is 2. The molecule has 0 spiro atoms. The Morgan fingerprint density at radius 1 is 1.00 bits per heavy atom. The number of fused-ring (bicyclic) bond motifs is 3. The number of amides is 2. The highest BCUT2D eigenvalue weighted by molar-refractivity contribution is 6.30. The number of nitrogens with zero attached hydrogens (tertiary/aromatic N) is 4. The fourth-order valence-electron chi connectivity index (χ4n) is 3.86. The van der Waals surface area contributed by atoms with Crippen LogP contribution in [0.3, 0.4) is 0 Å². The van der Waals surface area contributed by atoms with Gasteiger partial charge in [-0.2, -0.15) is 0 Å². The number of nitrogens with one attached hydrogen (secondary N) is 1. The van der Waals surface area contributed by atoms with E-state index in [1.54, 1.807) is 29.2 Å². The van der Waals surface area contributed by atoms with Gasteiger partial charge in [-0.1, -0.05) is 17.7 Å². The average molecular weight is 424 g/mol. The standard InChI is InChI=1S/C22H19ClFN5O/c23-15-3-1-4-17(13-15)25-22(30)28-11-9-27(10-12-28)21-20-5-2-8-29(20)19-7-6-16(24)14-18(19)26-21/h1-8,13-14H,9-12H2,(H,25,30). The lowest BCUT2D eigenvalue weighted by Crippen LogP contribution is -2.50. The van der Waals surface area contributed by atoms with E-state index in [9.17, 15) is 9.18 Å². The molecule has 1 aliphatic rings. The van der Waals surface area contributed by atoms with E-state index in [1.165, 1.54) is 12.1 Å². The first kappa shape index (κ1) is 18.7. The topological polar surface area (TPSA) is 52.9 Å². The van der Waals surface area contributed by atoms with Gasteiger partial charge in [0.15, 0.2) is 5.82 Å². The first-order chi connectivity index (χ1) is 14.6. The van der Waals surface area contributed by atoms with Crippen LogP contribution in [0, 0.1) is 5.82 Å². The lowest BCUT2D eigenvalue weighted by Gasteiger charge is -2.35. The predicted octanol–water partition coefficient (Wildman–Crippen LogP) is 4.63. The molecule has 1 saturated heterocycles. The van der Waals surface area contributed by atoms with Crippen molar-refractivity contribution in [3.05, 3.63) is 71.6 Å². The second-order valence-electron chi connectivity index (χ2n) is 7.25. The number of hydrogen-bond acceptors (Lipinski definition) is 3. The molecule has 2 aromatic carbocycles. The number of anilines is 2. The van der Waals surface area contributed by atoms with E-state index in [0.29, 0.717) is 42.4 Å². The summed E-state index contributed by atoms with van der Waals surface area (Å²) in [6.45, 7) is 2.39. The van der Waals surface area contributed by atoms with E-state index in [-0.39, 0.29) is 11.8 Å². The summed E-state index contributed by atoms with van der Waals surface area (Å²) in [5.41, 5.74) is 3.10. The van der Waals surface area contributed by atoms with Gasteiger partial charge in [-0.15, -0.1) is 0 Å². The van der Waals surface area contributed by atoms with E-state index < -0.39 is 0 Å². The highest BCUT2D eigenvalue weighted by Gasteiger charge is 2.24. The summed E-state index contributed by atoms with van der Waals surface area (Å²) in [7, 11) is 0. The van der Waals surface area contributed by atoms with E-state index in [2.05, 4.69) is 10.2 Å². The molecule has 4 aromatic rings. The second kappa shape index (κ2) is 7.50. The second-order valence-corrected chi connectivity index (χ2v) is 7.68. The number of carbonyl (C=O) groups is 1. The Morgan fingerprint density at radius 2 is 1.83 bits per heavy atom. The van der Waals surface area contributed by atoms with E-state index in [4.69, 9.17) is 16.6 Å². The van der Waals surface area contributed by atoms with Crippen LogP contribution in [0.1, 0.15) is 0 Å². The summed E-state index contributed by atoms with van der Waals surface area (Å²) < 4.78 is 15.8. The minimum Gasteiger partial charge on any atom is -0.351 e. The van der Waals surface area contributed by atoms with Gasteiger partial charge in [-0.25, -0.2) is 14.2 Å². The Balaban J connectivity index is 1.35. The summed E-state index contributed by atoms with van der Waals surface area (Å²) >= 11 is 5.99. The van der Waals surface area contributed by atoms with Gasteiger partial charge in [-0.3, -0.25) is 0 Å². The van der Waals surface area contributed by atoms with Crippen LogP contribution in [0.5, 0.6) is 0 Å². The third-order valence-electron chi connectivity index (χ3n) is 5.34. The molecule has 1 fully saturated rings. The molecule has 0 aliphatic carbocycles. The van der Waals surface area contributed by atoms with Crippen LogP contribution < -0.4 is 10.2 Å². The van der Waals surface area contributed by atoms with Crippen molar-refractivity contribution in [2.24, 2.45) is 0 Å². The summed E-state index contributed by atoms with van der Waals surface area (Å²) in [6.07, 6.45) is 1.95. The first-order valence-electron chi connectivity index (χ1n) is 9.71. The fourth-order valence-corrected chi connectivity index (χ4v) is 4.05. The van der Waals surface area contributed by atoms with Gasteiger partial charge in [0, 0.05) is 49.2 Å². The van der Waals surface area contributed by atoms with Gasteiger partial charge in [0.25, 0.3) is 0 Å². The molecule has 3 heterocycles. The number of rotatable bonds is 2. The molecular weight excluding hydrogens is 405 g/mol. The minimum atomic E-state index is -0.310. The number of hydrogen-bond donors (Lipinski definition) is 1. The number of benzene rings is 2. The van der Waals surface area contributed by atoms with Crippen LogP contribution in [-0.4, -0.2) is 46.5 Å². The van der Waals surface area contributed by atoms with Gasteiger partial charge in [0.05, 0.1) is 16.6 Å². The van der Waals surface area contributed by atoms with Crippen molar-refractivity contribution in [2.75, 3.05) is 36.4 Å². The molecule has 6 nitrogen and oxygen atoms in total. The quantitative estimate of drug-likeness (QED) is 0.511. The number of urea groups is 1. The molecule has 152 valence electrons. The van der Waals surface area contributed by atoms with Crippen molar-refractivity contribution in [2.45, 2.75) is 0 Å². The first-order valence-corrected chi connectivity index (χ1v) is 10.1. The van der Waals surface area contributed by atoms with Crippen LogP contribution in [0.2, 0.25) is 5.02 Å². The Labute approximate surface area is 177 Å².